The molecule has 1 heterocycles. The Morgan fingerprint density at radius 3 is 2.80 bits per heavy atom. The normalized spacial score (nSPS) is 10.3. The van der Waals surface area contributed by atoms with Crippen molar-refractivity contribution in [2.24, 2.45) is 0 Å². The second kappa shape index (κ2) is 7.17. The van der Waals surface area contributed by atoms with Gasteiger partial charge in [0.05, 0.1) is 0 Å². The van der Waals surface area contributed by atoms with Crippen LogP contribution in [0.5, 0.6) is 0 Å². The molecule has 1 rings (SSSR count). The molecule has 0 saturated carbocycles. The maximum Gasteiger partial charge on any atom is 0.129 e. The second-order valence-corrected chi connectivity index (χ2v) is 3.42. The molecule has 84 valence electrons. The standard InChI is InChI=1S/C11H20N4/c1-3-5-10-8-11(15-9-14-10)13-7-6-12-4-2/h8-9,12H,3-7H2,1-2H3,(H,13,14,15). The van der Waals surface area contributed by atoms with Gasteiger partial charge in [0.2, 0.25) is 0 Å². The summed E-state index contributed by atoms with van der Waals surface area (Å²) in [6.07, 6.45) is 3.76. The van der Waals surface area contributed by atoms with Gasteiger partial charge in [0.15, 0.2) is 0 Å². The number of rotatable bonds is 7. The Labute approximate surface area is 91.5 Å². The van der Waals surface area contributed by atoms with E-state index in [1.54, 1.807) is 6.33 Å². The highest BCUT2D eigenvalue weighted by molar-refractivity contribution is 5.34. The number of anilines is 1. The molecule has 4 heteroatoms. The third kappa shape index (κ3) is 4.74. The minimum atomic E-state index is 0.899. The summed E-state index contributed by atoms with van der Waals surface area (Å²) in [5, 5.41) is 6.52. The van der Waals surface area contributed by atoms with Gasteiger partial charge in [-0.1, -0.05) is 20.3 Å². The summed E-state index contributed by atoms with van der Waals surface area (Å²) < 4.78 is 0. The first kappa shape index (κ1) is 11.9. The molecular formula is C11H20N4. The predicted molar refractivity (Wildman–Crippen MR) is 63.1 cm³/mol. The zero-order valence-corrected chi connectivity index (χ0v) is 9.58. The lowest BCUT2D eigenvalue weighted by molar-refractivity contribution is 0.737. The molecule has 2 N–H and O–H groups in total. The quantitative estimate of drug-likeness (QED) is 0.666. The van der Waals surface area contributed by atoms with Crippen molar-refractivity contribution >= 4 is 5.82 Å². The van der Waals surface area contributed by atoms with Crippen LogP contribution in [0.4, 0.5) is 5.82 Å². The van der Waals surface area contributed by atoms with Gasteiger partial charge in [0.1, 0.15) is 12.1 Å². The fraction of sp³-hybridized carbons (Fsp3) is 0.636. The lowest BCUT2D eigenvalue weighted by Gasteiger charge is -2.06. The number of aromatic nitrogens is 2. The monoisotopic (exact) mass is 208 g/mol. The molecular weight excluding hydrogens is 188 g/mol. The molecule has 0 amide bonds. The van der Waals surface area contributed by atoms with Crippen LogP contribution >= 0.6 is 0 Å². The summed E-state index contributed by atoms with van der Waals surface area (Å²) in [4.78, 5) is 8.38. The van der Waals surface area contributed by atoms with E-state index in [1.165, 1.54) is 0 Å². The molecule has 0 atom stereocenters. The van der Waals surface area contributed by atoms with Crippen LogP contribution in [0.2, 0.25) is 0 Å². The van der Waals surface area contributed by atoms with Crippen molar-refractivity contribution in [2.75, 3.05) is 25.0 Å². The SMILES string of the molecule is CCCc1cc(NCCNCC)ncn1. The second-order valence-electron chi connectivity index (χ2n) is 3.42. The summed E-state index contributed by atoms with van der Waals surface area (Å²) in [6.45, 7) is 7.12. The zero-order valence-electron chi connectivity index (χ0n) is 9.58. The van der Waals surface area contributed by atoms with Crippen molar-refractivity contribution in [1.29, 1.82) is 0 Å². The Kier molecular flexibility index (Phi) is 5.70. The van der Waals surface area contributed by atoms with Gasteiger partial charge in [-0.3, -0.25) is 0 Å². The molecule has 0 saturated heterocycles. The first-order chi connectivity index (χ1) is 7.36. The van der Waals surface area contributed by atoms with Gasteiger partial charge in [-0.15, -0.1) is 0 Å². The van der Waals surface area contributed by atoms with Crippen LogP contribution in [0.3, 0.4) is 0 Å². The van der Waals surface area contributed by atoms with Crippen molar-refractivity contribution in [2.45, 2.75) is 26.7 Å². The van der Waals surface area contributed by atoms with E-state index in [-0.39, 0.29) is 0 Å². The van der Waals surface area contributed by atoms with Crippen molar-refractivity contribution in [1.82, 2.24) is 15.3 Å². The van der Waals surface area contributed by atoms with Crippen molar-refractivity contribution in [3.05, 3.63) is 18.1 Å². The van der Waals surface area contributed by atoms with E-state index in [1.807, 2.05) is 6.07 Å². The van der Waals surface area contributed by atoms with Crippen LogP contribution in [0.25, 0.3) is 0 Å². The van der Waals surface area contributed by atoms with Crippen molar-refractivity contribution in [3.63, 3.8) is 0 Å². The lowest BCUT2D eigenvalue weighted by Crippen LogP contribution is -2.21. The van der Waals surface area contributed by atoms with E-state index in [0.717, 1.165) is 44.0 Å². The molecule has 4 nitrogen and oxygen atoms in total. The Morgan fingerprint density at radius 1 is 1.20 bits per heavy atom. The van der Waals surface area contributed by atoms with Crippen LogP contribution in [-0.2, 0) is 6.42 Å². The molecule has 0 radical (unpaired) electrons. The highest BCUT2D eigenvalue weighted by Gasteiger charge is 1.96. The summed E-state index contributed by atoms with van der Waals surface area (Å²) in [5.74, 6) is 0.923. The minimum Gasteiger partial charge on any atom is -0.369 e. The highest BCUT2D eigenvalue weighted by atomic mass is 15.0. The average Bonchev–Trinajstić information content (AvgIpc) is 2.26. The van der Waals surface area contributed by atoms with Gasteiger partial charge in [-0.2, -0.15) is 0 Å². The molecule has 0 bridgehead atoms. The lowest BCUT2D eigenvalue weighted by atomic mass is 10.2. The largest absolute Gasteiger partial charge is 0.369 e. The van der Waals surface area contributed by atoms with E-state index < -0.39 is 0 Å². The van der Waals surface area contributed by atoms with E-state index in [2.05, 4.69) is 34.4 Å². The summed E-state index contributed by atoms with van der Waals surface area (Å²) in [5.41, 5.74) is 1.11. The molecule has 0 aromatic carbocycles. The predicted octanol–water partition coefficient (Wildman–Crippen LogP) is 1.45. The number of hydrogen-bond donors (Lipinski definition) is 2. The summed E-state index contributed by atoms with van der Waals surface area (Å²) in [7, 11) is 0. The minimum absolute atomic E-state index is 0.899. The first-order valence-electron chi connectivity index (χ1n) is 5.62. The van der Waals surface area contributed by atoms with Gasteiger partial charge in [-0.05, 0) is 13.0 Å². The number of aryl methyl sites for hydroxylation is 1. The average molecular weight is 208 g/mol. The van der Waals surface area contributed by atoms with E-state index in [9.17, 15) is 0 Å². The van der Waals surface area contributed by atoms with Gasteiger partial charge in [0, 0.05) is 24.8 Å². The van der Waals surface area contributed by atoms with E-state index >= 15 is 0 Å². The Hall–Kier alpha value is -1.16. The third-order valence-corrected chi connectivity index (χ3v) is 2.09. The van der Waals surface area contributed by atoms with Gasteiger partial charge < -0.3 is 10.6 Å². The third-order valence-electron chi connectivity index (χ3n) is 2.09. The van der Waals surface area contributed by atoms with Crippen LogP contribution in [0.1, 0.15) is 26.0 Å². The maximum absolute atomic E-state index is 4.21. The molecule has 0 unspecified atom stereocenters. The van der Waals surface area contributed by atoms with Gasteiger partial charge in [-0.25, -0.2) is 9.97 Å². The number of hydrogen-bond acceptors (Lipinski definition) is 4. The summed E-state index contributed by atoms with van der Waals surface area (Å²) in [6, 6.07) is 2.02. The van der Waals surface area contributed by atoms with Crippen LogP contribution in [0, 0.1) is 0 Å². The molecule has 0 spiro atoms. The zero-order chi connectivity index (χ0) is 10.9. The van der Waals surface area contributed by atoms with Crippen LogP contribution in [0.15, 0.2) is 12.4 Å². The van der Waals surface area contributed by atoms with Crippen molar-refractivity contribution < 1.29 is 0 Å². The van der Waals surface area contributed by atoms with E-state index in [4.69, 9.17) is 0 Å². The molecule has 0 aliphatic rings. The van der Waals surface area contributed by atoms with Crippen LogP contribution in [-0.4, -0.2) is 29.6 Å². The van der Waals surface area contributed by atoms with Crippen molar-refractivity contribution in [3.8, 4) is 0 Å². The molecule has 0 aliphatic carbocycles. The highest BCUT2D eigenvalue weighted by Crippen LogP contribution is 2.05. The first-order valence-corrected chi connectivity index (χ1v) is 5.62. The van der Waals surface area contributed by atoms with Gasteiger partial charge >= 0.3 is 0 Å². The molecule has 0 aliphatic heterocycles. The fourth-order valence-electron chi connectivity index (χ4n) is 1.34. The smallest absolute Gasteiger partial charge is 0.129 e. The molecule has 1 aromatic rings. The fourth-order valence-corrected chi connectivity index (χ4v) is 1.34. The van der Waals surface area contributed by atoms with E-state index in [0.29, 0.717) is 0 Å². The number of likely N-dealkylation sites (N-methyl/N-ethyl adjacent to an activating group) is 1. The Morgan fingerprint density at radius 2 is 2.07 bits per heavy atom. The number of nitrogens with zero attached hydrogens (tertiary/aromatic N) is 2. The molecule has 0 fully saturated rings. The Balaban J connectivity index is 2.36. The van der Waals surface area contributed by atoms with Crippen LogP contribution < -0.4 is 10.6 Å². The molecule has 1 aromatic heterocycles. The van der Waals surface area contributed by atoms with Gasteiger partial charge in [0.25, 0.3) is 0 Å². The maximum atomic E-state index is 4.21. The Bertz CT molecular complexity index is 275. The number of nitrogens with one attached hydrogen (secondary N) is 2. The summed E-state index contributed by atoms with van der Waals surface area (Å²) >= 11 is 0. The molecule has 15 heavy (non-hydrogen) atoms. The topological polar surface area (TPSA) is 49.8 Å².